The molecule has 1 aliphatic carbocycles. The molecule has 0 aromatic heterocycles. The van der Waals surface area contributed by atoms with Gasteiger partial charge < -0.3 is 16.0 Å². The van der Waals surface area contributed by atoms with E-state index in [2.05, 4.69) is 31.3 Å². The summed E-state index contributed by atoms with van der Waals surface area (Å²) in [6, 6.07) is 6.47. The van der Waals surface area contributed by atoms with Gasteiger partial charge in [-0.05, 0) is 49.7 Å². The van der Waals surface area contributed by atoms with Gasteiger partial charge in [-0.2, -0.15) is 0 Å². The number of nitrogens with two attached hydrogens (primary N) is 1. The van der Waals surface area contributed by atoms with Gasteiger partial charge in [0.25, 0.3) is 0 Å². The molecular weight excluding hydrogens is 298 g/mol. The number of anilines is 1. The summed E-state index contributed by atoms with van der Waals surface area (Å²) in [6.45, 7) is 6.25. The Labute approximate surface area is 138 Å². The van der Waals surface area contributed by atoms with Crippen molar-refractivity contribution >= 4 is 24.0 Å². The summed E-state index contributed by atoms with van der Waals surface area (Å²) in [6.07, 6.45) is 2.30. The van der Waals surface area contributed by atoms with Crippen LogP contribution in [-0.2, 0) is 4.79 Å². The highest BCUT2D eigenvalue weighted by Crippen LogP contribution is 2.37. The highest BCUT2D eigenvalue weighted by atomic mass is 35.5. The predicted molar refractivity (Wildman–Crippen MR) is 92.4 cm³/mol. The lowest BCUT2D eigenvalue weighted by molar-refractivity contribution is -0.128. The van der Waals surface area contributed by atoms with Gasteiger partial charge in [0, 0.05) is 24.8 Å². The Balaban J connectivity index is 0.00000176. The second-order valence-electron chi connectivity index (χ2n) is 6.58. The SMILES string of the molecule is Cc1cccc(C)c1NCC(=O)N1CC2CCC(N)C2C1.Cl. The monoisotopic (exact) mass is 323 g/mol. The van der Waals surface area contributed by atoms with Crippen LogP contribution in [0.2, 0.25) is 0 Å². The minimum atomic E-state index is 0. The zero-order chi connectivity index (χ0) is 15.0. The number of halogens is 1. The minimum Gasteiger partial charge on any atom is -0.376 e. The number of rotatable bonds is 3. The molecule has 1 saturated carbocycles. The average molecular weight is 324 g/mol. The van der Waals surface area contributed by atoms with Crippen LogP contribution < -0.4 is 11.1 Å². The normalized spacial score (nSPS) is 26.5. The maximum Gasteiger partial charge on any atom is 0.241 e. The molecule has 2 fully saturated rings. The summed E-state index contributed by atoms with van der Waals surface area (Å²) in [7, 11) is 0. The highest BCUT2D eigenvalue weighted by Gasteiger charge is 2.42. The molecule has 2 aliphatic rings. The Kier molecular flexibility index (Phi) is 5.35. The van der Waals surface area contributed by atoms with Crippen LogP contribution in [0.1, 0.15) is 24.0 Å². The van der Waals surface area contributed by atoms with Gasteiger partial charge in [-0.15, -0.1) is 12.4 Å². The average Bonchev–Trinajstić information content (AvgIpc) is 3.01. The minimum absolute atomic E-state index is 0. The van der Waals surface area contributed by atoms with Crippen molar-refractivity contribution in [2.24, 2.45) is 17.6 Å². The van der Waals surface area contributed by atoms with Gasteiger partial charge in [-0.1, -0.05) is 18.2 Å². The summed E-state index contributed by atoms with van der Waals surface area (Å²) in [5, 5.41) is 3.31. The third-order valence-electron chi connectivity index (χ3n) is 5.16. The van der Waals surface area contributed by atoms with Crippen LogP contribution in [0.5, 0.6) is 0 Å². The van der Waals surface area contributed by atoms with E-state index in [1.54, 1.807) is 0 Å². The first-order chi connectivity index (χ1) is 10.1. The fraction of sp³-hybridized carbons (Fsp3) is 0.588. The number of carbonyl (C=O) groups is 1. The van der Waals surface area contributed by atoms with Crippen LogP contribution >= 0.6 is 12.4 Å². The van der Waals surface area contributed by atoms with Gasteiger partial charge in [0.1, 0.15) is 0 Å². The molecule has 1 saturated heterocycles. The Morgan fingerprint density at radius 2 is 1.95 bits per heavy atom. The quantitative estimate of drug-likeness (QED) is 0.897. The smallest absolute Gasteiger partial charge is 0.241 e. The first-order valence-electron chi connectivity index (χ1n) is 7.89. The number of aryl methyl sites for hydroxylation is 2. The standard InChI is InChI=1S/C17H25N3O.ClH/c1-11-4-3-5-12(2)17(11)19-8-16(21)20-9-13-6-7-15(18)14(13)10-20;/h3-5,13-15,19H,6-10,18H2,1-2H3;1H. The lowest BCUT2D eigenvalue weighted by Crippen LogP contribution is -2.36. The Morgan fingerprint density at radius 3 is 2.59 bits per heavy atom. The molecule has 0 radical (unpaired) electrons. The van der Waals surface area contributed by atoms with E-state index in [9.17, 15) is 4.79 Å². The number of hydrogen-bond acceptors (Lipinski definition) is 3. The van der Waals surface area contributed by atoms with Gasteiger partial charge in [-0.25, -0.2) is 0 Å². The number of para-hydroxylation sites is 1. The van der Waals surface area contributed by atoms with Gasteiger partial charge >= 0.3 is 0 Å². The van der Waals surface area contributed by atoms with Crippen molar-refractivity contribution in [2.45, 2.75) is 32.7 Å². The molecule has 1 aromatic rings. The number of amides is 1. The third kappa shape index (κ3) is 3.23. The van der Waals surface area contributed by atoms with E-state index in [4.69, 9.17) is 5.73 Å². The molecule has 1 amide bonds. The Hall–Kier alpha value is -1.26. The number of fused-ring (bicyclic) bond motifs is 1. The summed E-state index contributed by atoms with van der Waals surface area (Å²) in [5.41, 5.74) is 9.59. The highest BCUT2D eigenvalue weighted by molar-refractivity contribution is 5.85. The van der Waals surface area contributed by atoms with Crippen molar-refractivity contribution in [3.8, 4) is 0 Å². The molecule has 0 spiro atoms. The summed E-state index contributed by atoms with van der Waals surface area (Å²) in [4.78, 5) is 14.4. The zero-order valence-electron chi connectivity index (χ0n) is 13.3. The van der Waals surface area contributed by atoms with Crippen LogP contribution in [0, 0.1) is 25.7 Å². The van der Waals surface area contributed by atoms with E-state index >= 15 is 0 Å². The predicted octanol–water partition coefficient (Wildman–Crippen LogP) is 2.33. The number of nitrogens with one attached hydrogen (secondary N) is 1. The lowest BCUT2D eigenvalue weighted by Gasteiger charge is -2.20. The van der Waals surface area contributed by atoms with Gasteiger partial charge in [0.15, 0.2) is 0 Å². The second-order valence-corrected chi connectivity index (χ2v) is 6.58. The molecular formula is C17H26ClN3O. The molecule has 22 heavy (non-hydrogen) atoms. The Morgan fingerprint density at radius 1 is 1.27 bits per heavy atom. The van der Waals surface area contributed by atoms with Crippen molar-refractivity contribution in [2.75, 3.05) is 25.0 Å². The fourth-order valence-electron chi connectivity index (χ4n) is 3.88. The van der Waals surface area contributed by atoms with Crippen molar-refractivity contribution in [1.29, 1.82) is 0 Å². The van der Waals surface area contributed by atoms with Crippen LogP contribution in [0.3, 0.4) is 0 Å². The zero-order valence-corrected chi connectivity index (χ0v) is 14.2. The van der Waals surface area contributed by atoms with Gasteiger partial charge in [0.2, 0.25) is 5.91 Å². The molecule has 5 heteroatoms. The van der Waals surface area contributed by atoms with Crippen molar-refractivity contribution in [3.05, 3.63) is 29.3 Å². The van der Waals surface area contributed by atoms with E-state index in [1.807, 2.05) is 11.0 Å². The van der Waals surface area contributed by atoms with E-state index in [0.717, 1.165) is 25.2 Å². The number of nitrogens with zero attached hydrogens (tertiary/aromatic N) is 1. The largest absolute Gasteiger partial charge is 0.376 e. The molecule has 1 aliphatic heterocycles. The van der Waals surface area contributed by atoms with Crippen molar-refractivity contribution in [1.82, 2.24) is 4.90 Å². The topological polar surface area (TPSA) is 58.4 Å². The lowest BCUT2D eigenvalue weighted by atomic mass is 9.98. The van der Waals surface area contributed by atoms with Crippen LogP contribution in [-0.4, -0.2) is 36.5 Å². The van der Waals surface area contributed by atoms with Crippen molar-refractivity contribution < 1.29 is 4.79 Å². The third-order valence-corrected chi connectivity index (χ3v) is 5.16. The maximum atomic E-state index is 12.4. The summed E-state index contributed by atoms with van der Waals surface area (Å²) < 4.78 is 0. The molecule has 122 valence electrons. The molecule has 3 atom stereocenters. The molecule has 0 bridgehead atoms. The summed E-state index contributed by atoms with van der Waals surface area (Å²) in [5.74, 6) is 1.34. The molecule has 1 aromatic carbocycles. The van der Waals surface area contributed by atoms with Crippen LogP contribution in [0.4, 0.5) is 5.69 Å². The molecule has 3 rings (SSSR count). The van der Waals surface area contributed by atoms with E-state index < -0.39 is 0 Å². The number of hydrogen-bond donors (Lipinski definition) is 2. The second kappa shape index (κ2) is 6.88. The first kappa shape index (κ1) is 17.1. The van der Waals surface area contributed by atoms with Crippen LogP contribution in [0.25, 0.3) is 0 Å². The van der Waals surface area contributed by atoms with Crippen molar-refractivity contribution in [3.63, 3.8) is 0 Å². The van der Waals surface area contributed by atoms with Crippen LogP contribution in [0.15, 0.2) is 18.2 Å². The first-order valence-corrected chi connectivity index (χ1v) is 7.89. The summed E-state index contributed by atoms with van der Waals surface area (Å²) >= 11 is 0. The maximum absolute atomic E-state index is 12.4. The molecule has 1 heterocycles. The van der Waals surface area contributed by atoms with E-state index in [0.29, 0.717) is 24.4 Å². The van der Waals surface area contributed by atoms with Gasteiger partial charge in [0.05, 0.1) is 6.54 Å². The Bertz CT molecular complexity index is 528. The molecule has 4 nitrogen and oxygen atoms in total. The van der Waals surface area contributed by atoms with E-state index in [-0.39, 0.29) is 18.3 Å². The molecule has 3 unspecified atom stereocenters. The van der Waals surface area contributed by atoms with Gasteiger partial charge in [-0.3, -0.25) is 4.79 Å². The number of carbonyl (C=O) groups excluding carboxylic acids is 1. The van der Waals surface area contributed by atoms with E-state index in [1.165, 1.54) is 17.5 Å². The molecule has 3 N–H and O–H groups in total. The fourth-order valence-corrected chi connectivity index (χ4v) is 3.88. The number of likely N-dealkylation sites (tertiary alicyclic amines) is 1. The number of benzene rings is 1.